The molecule has 0 aromatic carbocycles. The summed E-state index contributed by atoms with van der Waals surface area (Å²) < 4.78 is 22.8. The number of halogens is 3. The molecule has 1 atom stereocenters. The molecule has 3 N–H and O–H groups in total. The molecular formula is C20H25FI2N4O4. The van der Waals surface area contributed by atoms with Crippen LogP contribution in [0, 0.1) is 0 Å². The van der Waals surface area contributed by atoms with Crippen molar-refractivity contribution < 1.29 is 23.5 Å². The lowest BCUT2D eigenvalue weighted by Gasteiger charge is -2.20. The fourth-order valence-corrected chi connectivity index (χ4v) is 2.98. The molecule has 1 aromatic rings. The highest BCUT2D eigenvalue weighted by molar-refractivity contribution is 14.2. The van der Waals surface area contributed by atoms with Crippen molar-refractivity contribution in [3.05, 3.63) is 41.4 Å². The summed E-state index contributed by atoms with van der Waals surface area (Å²) in [6, 6.07) is 1.32. The highest BCUT2D eigenvalue weighted by atomic mass is 127. The first-order valence-electron chi connectivity index (χ1n) is 9.62. The molecule has 1 unspecified atom stereocenters. The minimum absolute atomic E-state index is 0.105. The van der Waals surface area contributed by atoms with E-state index < -0.39 is 1.68 Å². The Hall–Kier alpha value is -1.64. The summed E-state index contributed by atoms with van der Waals surface area (Å²) in [6.45, 7) is 3.98. The number of methoxy groups -OCH3 is 1. The van der Waals surface area contributed by atoms with E-state index >= 15 is 0 Å². The summed E-state index contributed by atoms with van der Waals surface area (Å²) in [5, 5.41) is 8.68. The molecule has 1 aliphatic rings. The SMILES string of the molecule is CCCC(=O)NC1=CC(C(=O)NC(C)c2cnc(OCC(F)(I)I)c(OC)c2)=CCN1. The van der Waals surface area contributed by atoms with Crippen LogP contribution in [0.4, 0.5) is 4.39 Å². The molecule has 170 valence electrons. The van der Waals surface area contributed by atoms with E-state index in [1.54, 1.807) is 69.6 Å². The van der Waals surface area contributed by atoms with Gasteiger partial charge in [0.2, 0.25) is 7.59 Å². The van der Waals surface area contributed by atoms with Gasteiger partial charge in [-0.2, -0.15) is 0 Å². The maximum absolute atomic E-state index is 13.7. The Morgan fingerprint density at radius 1 is 1.42 bits per heavy atom. The first kappa shape index (κ1) is 25.6. The second-order valence-electron chi connectivity index (χ2n) is 6.77. The van der Waals surface area contributed by atoms with Crippen molar-refractivity contribution in [3.8, 4) is 11.6 Å². The second-order valence-corrected chi connectivity index (χ2v) is 12.3. The maximum Gasteiger partial charge on any atom is 0.257 e. The van der Waals surface area contributed by atoms with Crippen molar-refractivity contribution in [2.75, 3.05) is 20.3 Å². The summed E-state index contributed by atoms with van der Waals surface area (Å²) in [4.78, 5) is 28.7. The molecule has 0 saturated carbocycles. The minimum atomic E-state index is -1.56. The third-order valence-corrected chi connectivity index (χ3v) is 4.83. The molecule has 0 spiro atoms. The van der Waals surface area contributed by atoms with Crippen LogP contribution >= 0.6 is 45.2 Å². The lowest BCUT2D eigenvalue weighted by atomic mass is 10.1. The molecule has 0 aliphatic carbocycles. The number of hydrogen-bond donors (Lipinski definition) is 3. The Balaban J connectivity index is 2.04. The van der Waals surface area contributed by atoms with Gasteiger partial charge in [-0.1, -0.05) is 13.0 Å². The van der Waals surface area contributed by atoms with Crippen LogP contribution < -0.4 is 25.4 Å². The Morgan fingerprint density at radius 3 is 2.81 bits per heavy atom. The number of pyridine rings is 1. The number of nitrogens with one attached hydrogen (secondary N) is 3. The molecule has 0 fully saturated rings. The van der Waals surface area contributed by atoms with Crippen LogP contribution in [0.3, 0.4) is 0 Å². The quantitative estimate of drug-likeness (QED) is 0.263. The number of hydrogen-bond acceptors (Lipinski definition) is 6. The van der Waals surface area contributed by atoms with E-state index in [1.807, 2.05) is 13.8 Å². The van der Waals surface area contributed by atoms with Crippen molar-refractivity contribution in [3.63, 3.8) is 0 Å². The van der Waals surface area contributed by atoms with Crippen LogP contribution in [-0.4, -0.2) is 38.7 Å². The van der Waals surface area contributed by atoms with Gasteiger partial charge in [0.15, 0.2) is 5.75 Å². The van der Waals surface area contributed by atoms with E-state index in [0.717, 1.165) is 6.42 Å². The zero-order valence-corrected chi connectivity index (χ0v) is 21.7. The third kappa shape index (κ3) is 8.43. The van der Waals surface area contributed by atoms with E-state index in [1.165, 1.54) is 7.11 Å². The number of amides is 2. The zero-order chi connectivity index (χ0) is 23.0. The van der Waals surface area contributed by atoms with Crippen molar-refractivity contribution in [2.24, 2.45) is 0 Å². The first-order valence-corrected chi connectivity index (χ1v) is 11.8. The average molecular weight is 658 g/mol. The third-order valence-electron chi connectivity index (χ3n) is 4.21. The highest BCUT2D eigenvalue weighted by Gasteiger charge is 2.23. The molecule has 0 saturated heterocycles. The predicted octanol–water partition coefficient (Wildman–Crippen LogP) is 3.43. The number of nitrogens with zero attached hydrogens (tertiary/aromatic N) is 1. The van der Waals surface area contributed by atoms with E-state index in [2.05, 4.69) is 20.9 Å². The number of ether oxygens (including phenoxy) is 2. The molecule has 2 amide bonds. The maximum atomic E-state index is 13.7. The van der Waals surface area contributed by atoms with E-state index in [9.17, 15) is 14.0 Å². The van der Waals surface area contributed by atoms with Gasteiger partial charge in [-0.05, 0) is 76.2 Å². The lowest BCUT2D eigenvalue weighted by molar-refractivity contribution is -0.120. The first-order chi connectivity index (χ1) is 14.6. The van der Waals surface area contributed by atoms with Gasteiger partial charge in [-0.3, -0.25) is 9.59 Å². The minimum Gasteiger partial charge on any atom is -0.491 e. The highest BCUT2D eigenvalue weighted by Crippen LogP contribution is 2.33. The Labute approximate surface area is 208 Å². The van der Waals surface area contributed by atoms with Gasteiger partial charge in [-0.25, -0.2) is 9.37 Å². The number of carbonyl (C=O) groups excluding carboxylic acids is 2. The number of carbonyl (C=O) groups is 2. The number of alkyl halides is 3. The number of aromatic nitrogens is 1. The summed E-state index contributed by atoms with van der Waals surface area (Å²) in [5.74, 6) is 0.631. The Bertz CT molecular complexity index is 871. The molecule has 0 radical (unpaired) electrons. The largest absolute Gasteiger partial charge is 0.491 e. The fraction of sp³-hybridized carbons (Fsp3) is 0.450. The molecule has 2 heterocycles. The zero-order valence-electron chi connectivity index (χ0n) is 17.4. The van der Waals surface area contributed by atoms with Gasteiger partial charge < -0.3 is 25.4 Å². The molecule has 0 bridgehead atoms. The Morgan fingerprint density at radius 2 is 2.16 bits per heavy atom. The standard InChI is InChI=1S/C20H25FI2N4O4/c1-4-5-17(28)27-16-9-13(6-7-24-16)18(29)26-12(2)14-8-15(30-3)19(25-10-14)31-11-20(21,22)23/h6,8-10,12,24H,4-5,7,11H2,1-3H3,(H,26,29)(H,27,28). The Kier molecular flexibility index (Phi) is 9.78. The van der Waals surface area contributed by atoms with E-state index in [0.29, 0.717) is 35.7 Å². The van der Waals surface area contributed by atoms with Crippen molar-refractivity contribution in [1.82, 2.24) is 20.9 Å². The molecular weight excluding hydrogens is 633 g/mol. The van der Waals surface area contributed by atoms with Gasteiger partial charge >= 0.3 is 0 Å². The lowest BCUT2D eigenvalue weighted by Crippen LogP contribution is -2.35. The van der Waals surface area contributed by atoms with Crippen molar-refractivity contribution in [2.45, 2.75) is 34.4 Å². The summed E-state index contributed by atoms with van der Waals surface area (Å²) >= 11 is 3.26. The van der Waals surface area contributed by atoms with Crippen molar-refractivity contribution in [1.29, 1.82) is 0 Å². The molecule has 8 nitrogen and oxygen atoms in total. The molecule has 31 heavy (non-hydrogen) atoms. The van der Waals surface area contributed by atoms with Crippen LogP contribution in [0.25, 0.3) is 0 Å². The van der Waals surface area contributed by atoms with E-state index in [-0.39, 0.29) is 30.3 Å². The second kappa shape index (κ2) is 11.8. The van der Waals surface area contributed by atoms with Crippen LogP contribution in [0.15, 0.2) is 35.8 Å². The van der Waals surface area contributed by atoms with E-state index in [4.69, 9.17) is 9.47 Å². The summed E-state index contributed by atoms with van der Waals surface area (Å²) in [5.41, 5.74) is 1.14. The average Bonchev–Trinajstić information content (AvgIpc) is 2.71. The smallest absolute Gasteiger partial charge is 0.257 e. The van der Waals surface area contributed by atoms with Gasteiger partial charge in [0.1, 0.15) is 12.4 Å². The van der Waals surface area contributed by atoms with Crippen LogP contribution in [-0.2, 0) is 9.59 Å². The predicted molar refractivity (Wildman–Crippen MR) is 132 cm³/mol. The molecule has 11 heteroatoms. The van der Waals surface area contributed by atoms with Crippen LogP contribution in [0.1, 0.15) is 38.3 Å². The van der Waals surface area contributed by atoms with Gasteiger partial charge in [0.05, 0.1) is 13.2 Å². The number of rotatable bonds is 10. The van der Waals surface area contributed by atoms with Gasteiger partial charge in [0.25, 0.3) is 11.8 Å². The molecule has 1 aromatic heterocycles. The topological polar surface area (TPSA) is 102 Å². The van der Waals surface area contributed by atoms with Crippen LogP contribution in [0.2, 0.25) is 0 Å². The monoisotopic (exact) mass is 658 g/mol. The fourth-order valence-electron chi connectivity index (χ4n) is 2.67. The normalized spacial score (nSPS) is 14.5. The van der Waals surface area contributed by atoms with Gasteiger partial charge in [0, 0.05) is 24.7 Å². The van der Waals surface area contributed by atoms with Gasteiger partial charge in [-0.15, -0.1) is 0 Å². The number of dihydropyridines is 1. The molecule has 2 rings (SSSR count). The summed E-state index contributed by atoms with van der Waals surface area (Å²) in [6.07, 6.45) is 6.05. The van der Waals surface area contributed by atoms with Crippen molar-refractivity contribution >= 4 is 57.0 Å². The molecule has 1 aliphatic heterocycles. The summed E-state index contributed by atoms with van der Waals surface area (Å²) in [7, 11) is 1.46. The van der Waals surface area contributed by atoms with Crippen LogP contribution in [0.5, 0.6) is 11.6 Å².